The second-order valence-corrected chi connectivity index (χ2v) is 5.73. The van der Waals surface area contributed by atoms with Gasteiger partial charge in [0.05, 0.1) is 17.9 Å². The van der Waals surface area contributed by atoms with Crippen molar-refractivity contribution in [1.82, 2.24) is 10.2 Å². The number of hydrogen-bond donors (Lipinski definition) is 3. The van der Waals surface area contributed by atoms with Gasteiger partial charge in [0.2, 0.25) is 0 Å². The number of aromatic nitrogens is 2. The Kier molecular flexibility index (Phi) is 3.63. The maximum absolute atomic E-state index is 12.5. The van der Waals surface area contributed by atoms with Crippen molar-refractivity contribution in [3.63, 3.8) is 0 Å². The molecule has 0 bridgehead atoms. The van der Waals surface area contributed by atoms with Crippen LogP contribution in [-0.4, -0.2) is 22.3 Å². The Morgan fingerprint density at radius 3 is 2.76 bits per heavy atom. The molecule has 0 unspecified atom stereocenters. The molecular weight excluding hydrogens is 314 g/mol. The van der Waals surface area contributed by atoms with Crippen molar-refractivity contribution in [2.45, 2.75) is 0 Å². The molecule has 0 fully saturated rings. The molecule has 0 saturated heterocycles. The Morgan fingerprint density at radius 1 is 1.04 bits per heavy atom. The van der Waals surface area contributed by atoms with Crippen LogP contribution in [0.4, 0.5) is 5.69 Å². The summed E-state index contributed by atoms with van der Waals surface area (Å²) in [5.41, 5.74) is 3.18. The number of nitrogens with zero attached hydrogens (tertiary/aromatic N) is 2. The van der Waals surface area contributed by atoms with Crippen molar-refractivity contribution in [3.8, 4) is 0 Å². The summed E-state index contributed by atoms with van der Waals surface area (Å²) >= 11 is 0. The molecule has 1 aromatic heterocycles. The summed E-state index contributed by atoms with van der Waals surface area (Å²) in [6.07, 6.45) is 3.31. The average Bonchev–Trinajstić information content (AvgIpc) is 3.09. The highest BCUT2D eigenvalue weighted by molar-refractivity contribution is 6.07. The zero-order valence-electron chi connectivity index (χ0n) is 13.2. The van der Waals surface area contributed by atoms with Crippen LogP contribution in [0.5, 0.6) is 0 Å². The third-order valence-electron chi connectivity index (χ3n) is 4.05. The number of rotatable bonds is 3. The molecule has 25 heavy (non-hydrogen) atoms. The second-order valence-electron chi connectivity index (χ2n) is 5.73. The number of amides is 1. The standard InChI is InChI=1S/C19H15N5O/c20-21-10-12-1-2-14-8-15(4-3-13(14)7-12)19(25)23-17-5-6-18-16(9-17)11-22-24-18/h1-11H,20H2,(H,22,24)(H,23,25). The maximum atomic E-state index is 12.5. The molecular formula is C19H15N5O. The van der Waals surface area contributed by atoms with Crippen LogP contribution in [-0.2, 0) is 0 Å². The third-order valence-corrected chi connectivity index (χ3v) is 4.05. The number of fused-ring (bicyclic) bond motifs is 2. The summed E-state index contributed by atoms with van der Waals surface area (Å²) in [7, 11) is 0. The molecule has 6 nitrogen and oxygen atoms in total. The molecule has 0 aliphatic carbocycles. The lowest BCUT2D eigenvalue weighted by atomic mass is 10.0. The summed E-state index contributed by atoms with van der Waals surface area (Å²) in [5.74, 6) is 5.02. The van der Waals surface area contributed by atoms with Crippen LogP contribution < -0.4 is 11.2 Å². The lowest BCUT2D eigenvalue weighted by Gasteiger charge is -2.07. The van der Waals surface area contributed by atoms with Crippen molar-refractivity contribution in [2.75, 3.05) is 5.32 Å². The molecule has 6 heteroatoms. The molecule has 0 atom stereocenters. The molecule has 3 aromatic carbocycles. The van der Waals surface area contributed by atoms with E-state index in [2.05, 4.69) is 20.6 Å². The van der Waals surface area contributed by atoms with Gasteiger partial charge >= 0.3 is 0 Å². The number of nitrogens with one attached hydrogen (secondary N) is 2. The highest BCUT2D eigenvalue weighted by Crippen LogP contribution is 2.20. The number of aromatic amines is 1. The van der Waals surface area contributed by atoms with Crippen molar-refractivity contribution in [2.24, 2.45) is 10.9 Å². The number of carbonyl (C=O) groups is 1. The van der Waals surface area contributed by atoms with E-state index in [-0.39, 0.29) is 5.91 Å². The molecule has 1 amide bonds. The molecule has 1 heterocycles. The first-order chi connectivity index (χ1) is 12.2. The van der Waals surface area contributed by atoms with Gasteiger partial charge in [-0.1, -0.05) is 18.2 Å². The van der Waals surface area contributed by atoms with E-state index in [9.17, 15) is 4.79 Å². The SMILES string of the molecule is NN=Cc1ccc2cc(C(=O)Nc3ccc4[nH]ncc4c3)ccc2c1. The summed E-state index contributed by atoms with van der Waals surface area (Å²) in [5, 5.41) is 16.3. The zero-order valence-corrected chi connectivity index (χ0v) is 13.2. The van der Waals surface area contributed by atoms with E-state index >= 15 is 0 Å². The molecule has 0 saturated carbocycles. The number of carbonyl (C=O) groups excluding carboxylic acids is 1. The molecule has 0 aliphatic heterocycles. The van der Waals surface area contributed by atoms with E-state index in [1.165, 1.54) is 0 Å². The Hall–Kier alpha value is -3.67. The van der Waals surface area contributed by atoms with Crippen LogP contribution in [0, 0.1) is 0 Å². The predicted octanol–water partition coefficient (Wildman–Crippen LogP) is 3.26. The minimum atomic E-state index is -0.155. The van der Waals surface area contributed by atoms with E-state index in [0.29, 0.717) is 5.56 Å². The van der Waals surface area contributed by atoms with Gasteiger partial charge in [0, 0.05) is 16.6 Å². The summed E-state index contributed by atoms with van der Waals surface area (Å²) in [6, 6.07) is 17.0. The highest BCUT2D eigenvalue weighted by Gasteiger charge is 2.08. The first-order valence-electron chi connectivity index (χ1n) is 7.74. The Balaban J connectivity index is 1.61. The number of H-pyrrole nitrogens is 1. The maximum Gasteiger partial charge on any atom is 0.255 e. The van der Waals surface area contributed by atoms with Crippen molar-refractivity contribution in [1.29, 1.82) is 0 Å². The van der Waals surface area contributed by atoms with Crippen molar-refractivity contribution < 1.29 is 4.79 Å². The van der Waals surface area contributed by atoms with Crippen molar-refractivity contribution in [3.05, 3.63) is 71.9 Å². The fourth-order valence-corrected chi connectivity index (χ4v) is 2.80. The number of benzene rings is 3. The Morgan fingerprint density at radius 2 is 1.88 bits per heavy atom. The van der Waals surface area contributed by atoms with Gasteiger partial charge in [-0.2, -0.15) is 10.2 Å². The highest BCUT2D eigenvalue weighted by atomic mass is 16.1. The zero-order chi connectivity index (χ0) is 17.2. The van der Waals surface area contributed by atoms with Crippen molar-refractivity contribution >= 4 is 39.5 Å². The Bertz CT molecular complexity index is 1110. The summed E-state index contributed by atoms with van der Waals surface area (Å²) in [6.45, 7) is 0. The van der Waals surface area contributed by atoms with Gasteiger partial charge in [-0.25, -0.2) is 0 Å². The van der Waals surface area contributed by atoms with E-state index in [0.717, 1.165) is 32.9 Å². The quantitative estimate of drug-likeness (QED) is 0.306. The molecule has 0 radical (unpaired) electrons. The molecule has 4 N–H and O–H groups in total. The van der Waals surface area contributed by atoms with Gasteiger partial charge in [0.1, 0.15) is 0 Å². The summed E-state index contributed by atoms with van der Waals surface area (Å²) < 4.78 is 0. The Labute approximate surface area is 143 Å². The van der Waals surface area contributed by atoms with E-state index in [1.54, 1.807) is 18.5 Å². The number of hydrazone groups is 1. The first-order valence-corrected chi connectivity index (χ1v) is 7.74. The lowest BCUT2D eigenvalue weighted by molar-refractivity contribution is 0.102. The molecule has 0 spiro atoms. The van der Waals surface area contributed by atoms with Gasteiger partial charge in [-0.05, 0) is 52.7 Å². The topological polar surface area (TPSA) is 96.2 Å². The predicted molar refractivity (Wildman–Crippen MR) is 99.8 cm³/mol. The number of hydrogen-bond acceptors (Lipinski definition) is 4. The summed E-state index contributed by atoms with van der Waals surface area (Å²) in [4.78, 5) is 12.5. The molecule has 4 aromatic rings. The minimum Gasteiger partial charge on any atom is -0.323 e. The van der Waals surface area contributed by atoms with Crippen LogP contribution in [0.2, 0.25) is 0 Å². The molecule has 4 rings (SSSR count). The van der Waals surface area contributed by atoms with Crippen LogP contribution >= 0.6 is 0 Å². The monoisotopic (exact) mass is 329 g/mol. The first kappa shape index (κ1) is 14.9. The van der Waals surface area contributed by atoms with Gasteiger partial charge in [-0.15, -0.1) is 0 Å². The van der Waals surface area contributed by atoms with Crippen LogP contribution in [0.15, 0.2) is 65.9 Å². The van der Waals surface area contributed by atoms with Crippen LogP contribution in [0.1, 0.15) is 15.9 Å². The minimum absolute atomic E-state index is 0.155. The number of nitrogens with two attached hydrogens (primary N) is 1. The van der Waals surface area contributed by atoms with E-state index in [4.69, 9.17) is 5.84 Å². The molecule has 122 valence electrons. The van der Waals surface area contributed by atoms with Crippen LogP contribution in [0.3, 0.4) is 0 Å². The fourth-order valence-electron chi connectivity index (χ4n) is 2.80. The van der Waals surface area contributed by atoms with Gasteiger partial charge in [0.15, 0.2) is 0 Å². The van der Waals surface area contributed by atoms with Gasteiger partial charge in [-0.3, -0.25) is 9.89 Å². The number of anilines is 1. The fraction of sp³-hybridized carbons (Fsp3) is 0. The van der Waals surface area contributed by atoms with E-state index in [1.807, 2.05) is 48.5 Å². The smallest absolute Gasteiger partial charge is 0.255 e. The normalized spacial score (nSPS) is 11.4. The largest absolute Gasteiger partial charge is 0.323 e. The van der Waals surface area contributed by atoms with Gasteiger partial charge in [0.25, 0.3) is 5.91 Å². The van der Waals surface area contributed by atoms with E-state index < -0.39 is 0 Å². The van der Waals surface area contributed by atoms with Crippen LogP contribution in [0.25, 0.3) is 21.7 Å². The molecule has 0 aliphatic rings. The van der Waals surface area contributed by atoms with Gasteiger partial charge < -0.3 is 11.2 Å². The average molecular weight is 329 g/mol. The third kappa shape index (κ3) is 2.92. The second kappa shape index (κ2) is 6.09. The lowest BCUT2D eigenvalue weighted by Crippen LogP contribution is -2.11.